The van der Waals surface area contributed by atoms with E-state index in [0.717, 1.165) is 11.8 Å². The second kappa shape index (κ2) is 1.91. The van der Waals surface area contributed by atoms with Crippen molar-refractivity contribution < 1.29 is 0 Å². The van der Waals surface area contributed by atoms with Crippen molar-refractivity contribution in [3.05, 3.63) is 36.1 Å². The highest BCUT2D eigenvalue weighted by atomic mass is 14.4. The van der Waals surface area contributed by atoms with Gasteiger partial charge in [-0.2, -0.15) is 0 Å². The quantitative estimate of drug-likeness (QED) is 0.351. The molecule has 0 spiro atoms. The minimum atomic E-state index is 0.741. The van der Waals surface area contributed by atoms with Crippen LogP contribution in [0.4, 0.5) is 0 Å². The molecule has 0 aliphatic heterocycles. The summed E-state index contributed by atoms with van der Waals surface area (Å²) in [7, 11) is 0. The third kappa shape index (κ3) is 0.650. The van der Waals surface area contributed by atoms with Crippen molar-refractivity contribution in [3.63, 3.8) is 0 Å². The minimum absolute atomic E-state index is 0.741. The highest BCUT2D eigenvalue weighted by molar-refractivity contribution is 5.43. The van der Waals surface area contributed by atoms with Gasteiger partial charge in [0, 0.05) is 5.92 Å². The Kier molecular flexibility index (Phi) is 1.17. The number of hydrogen-bond donors (Lipinski definition) is 0. The topological polar surface area (TPSA) is 0 Å². The molecule has 2 rings (SSSR count). The first-order valence-corrected chi connectivity index (χ1v) is 3.83. The average molecular weight is 132 g/mol. The Labute approximate surface area is 62.6 Å². The SMILES string of the molecule is CC(C)=C1[CH][CH+]C2C=CC12. The predicted octanol–water partition coefficient (Wildman–Crippen LogP) is 2.55. The third-order valence-corrected chi connectivity index (χ3v) is 2.39. The van der Waals surface area contributed by atoms with Crippen LogP contribution in [0.25, 0.3) is 0 Å². The smallest absolute Gasteiger partial charge is 0.0718 e. The average Bonchev–Trinajstić information content (AvgIpc) is 2.07. The summed E-state index contributed by atoms with van der Waals surface area (Å²) in [5.74, 6) is 1.48. The largest absolute Gasteiger partial charge is 0.167 e. The molecule has 2 aliphatic carbocycles. The van der Waals surface area contributed by atoms with Gasteiger partial charge in [0.15, 0.2) is 6.42 Å². The van der Waals surface area contributed by atoms with E-state index >= 15 is 0 Å². The molecule has 0 aromatic rings. The zero-order valence-corrected chi connectivity index (χ0v) is 6.46. The normalized spacial score (nSPS) is 34.8. The van der Waals surface area contributed by atoms with Gasteiger partial charge in [-0.3, -0.25) is 0 Å². The monoisotopic (exact) mass is 132 g/mol. The molecule has 0 N–H and O–H groups in total. The van der Waals surface area contributed by atoms with Gasteiger partial charge >= 0.3 is 0 Å². The molecule has 2 aliphatic rings. The maximum atomic E-state index is 2.30. The van der Waals surface area contributed by atoms with E-state index in [4.69, 9.17) is 0 Å². The second-order valence-electron chi connectivity index (χ2n) is 3.30. The van der Waals surface area contributed by atoms with Crippen molar-refractivity contribution in [2.75, 3.05) is 0 Å². The predicted molar refractivity (Wildman–Crippen MR) is 43.1 cm³/mol. The minimum Gasteiger partial charge on any atom is -0.0718 e. The first kappa shape index (κ1) is 6.09. The summed E-state index contributed by atoms with van der Waals surface area (Å²) < 4.78 is 0. The number of fused-ring (bicyclic) bond motifs is 1. The van der Waals surface area contributed by atoms with Crippen molar-refractivity contribution in [3.8, 4) is 0 Å². The lowest BCUT2D eigenvalue weighted by Gasteiger charge is -2.16. The van der Waals surface area contributed by atoms with Crippen molar-refractivity contribution in [1.82, 2.24) is 0 Å². The first-order valence-electron chi connectivity index (χ1n) is 3.83. The highest BCUT2D eigenvalue weighted by Crippen LogP contribution is 2.44. The Bertz CT molecular complexity index is 204. The van der Waals surface area contributed by atoms with E-state index in [-0.39, 0.29) is 0 Å². The fourth-order valence-electron chi connectivity index (χ4n) is 1.67. The van der Waals surface area contributed by atoms with Crippen LogP contribution in [0.5, 0.6) is 0 Å². The number of rotatable bonds is 0. The van der Waals surface area contributed by atoms with Crippen LogP contribution in [0.3, 0.4) is 0 Å². The molecule has 0 heterocycles. The van der Waals surface area contributed by atoms with E-state index in [2.05, 4.69) is 38.8 Å². The van der Waals surface area contributed by atoms with Crippen molar-refractivity contribution in [1.29, 1.82) is 0 Å². The summed E-state index contributed by atoms with van der Waals surface area (Å²) >= 11 is 0. The lowest BCUT2D eigenvalue weighted by atomic mass is 9.82. The summed E-state index contributed by atoms with van der Waals surface area (Å²) in [5, 5.41) is 0. The van der Waals surface area contributed by atoms with Crippen LogP contribution in [-0.2, 0) is 0 Å². The molecule has 1 radical (unpaired) electrons. The Morgan fingerprint density at radius 2 is 2.20 bits per heavy atom. The Morgan fingerprint density at radius 1 is 1.40 bits per heavy atom. The molecule has 2 atom stereocenters. The Morgan fingerprint density at radius 3 is 2.50 bits per heavy atom. The van der Waals surface area contributed by atoms with E-state index < -0.39 is 0 Å². The van der Waals surface area contributed by atoms with E-state index in [1.165, 1.54) is 11.1 Å². The molecule has 1 fully saturated rings. The van der Waals surface area contributed by atoms with Gasteiger partial charge in [-0.25, -0.2) is 0 Å². The molecule has 0 aromatic heterocycles. The van der Waals surface area contributed by atoms with Gasteiger partial charge in [0.1, 0.15) is 5.92 Å². The molecule has 51 valence electrons. The lowest BCUT2D eigenvalue weighted by Crippen LogP contribution is -2.12. The lowest BCUT2D eigenvalue weighted by molar-refractivity contribution is 0.602. The van der Waals surface area contributed by atoms with Gasteiger partial charge in [-0.1, -0.05) is 11.6 Å². The maximum Gasteiger partial charge on any atom is 0.167 e. The fraction of sp³-hybridized carbons (Fsp3) is 0.400. The van der Waals surface area contributed by atoms with Crippen molar-refractivity contribution >= 4 is 0 Å². The van der Waals surface area contributed by atoms with Gasteiger partial charge in [0.05, 0.1) is 6.42 Å². The molecule has 10 heavy (non-hydrogen) atoms. The Balaban J connectivity index is 2.28. The fourth-order valence-corrected chi connectivity index (χ4v) is 1.67. The van der Waals surface area contributed by atoms with Gasteiger partial charge < -0.3 is 0 Å². The molecule has 0 aromatic carbocycles. The molecular weight excluding hydrogens is 120 g/mol. The zero-order valence-electron chi connectivity index (χ0n) is 6.46. The van der Waals surface area contributed by atoms with Gasteiger partial charge in [-0.15, -0.1) is 0 Å². The van der Waals surface area contributed by atoms with Crippen LogP contribution < -0.4 is 0 Å². The molecule has 0 amide bonds. The molecule has 0 nitrogen and oxygen atoms in total. The van der Waals surface area contributed by atoms with Gasteiger partial charge in [-0.05, 0) is 25.5 Å². The van der Waals surface area contributed by atoms with E-state index in [1.807, 2.05) is 0 Å². The molecule has 0 saturated heterocycles. The highest BCUT2D eigenvalue weighted by Gasteiger charge is 2.42. The van der Waals surface area contributed by atoms with E-state index in [0.29, 0.717) is 0 Å². The summed E-state index contributed by atoms with van der Waals surface area (Å²) in [6, 6.07) is 0. The van der Waals surface area contributed by atoms with Crippen LogP contribution in [0.2, 0.25) is 0 Å². The Hall–Kier alpha value is -0.650. The molecule has 0 heteroatoms. The van der Waals surface area contributed by atoms with Crippen molar-refractivity contribution in [2.24, 2.45) is 11.8 Å². The van der Waals surface area contributed by atoms with Gasteiger partial charge in [0.25, 0.3) is 0 Å². The zero-order chi connectivity index (χ0) is 7.14. The maximum absolute atomic E-state index is 2.30. The third-order valence-electron chi connectivity index (χ3n) is 2.39. The standard InChI is InChI=1S/C10H12/c1-7(2)9-5-3-8-4-6-10(8)9/h3-6,8,10H,1-2H3/q+1. The molecule has 0 bridgehead atoms. The van der Waals surface area contributed by atoms with Crippen LogP contribution in [-0.4, -0.2) is 0 Å². The number of hydrogen-bond acceptors (Lipinski definition) is 0. The van der Waals surface area contributed by atoms with Crippen LogP contribution in [0, 0.1) is 24.7 Å². The van der Waals surface area contributed by atoms with Gasteiger partial charge in [0.2, 0.25) is 0 Å². The van der Waals surface area contributed by atoms with Crippen LogP contribution >= 0.6 is 0 Å². The van der Waals surface area contributed by atoms with Crippen molar-refractivity contribution in [2.45, 2.75) is 13.8 Å². The molecular formula is C10H12+. The van der Waals surface area contributed by atoms with Crippen LogP contribution in [0.1, 0.15) is 13.8 Å². The summed E-state index contributed by atoms with van der Waals surface area (Å²) in [6.45, 7) is 4.38. The first-order chi connectivity index (χ1) is 4.79. The summed E-state index contributed by atoms with van der Waals surface area (Å²) in [4.78, 5) is 0. The summed E-state index contributed by atoms with van der Waals surface area (Å²) in [5.41, 5.74) is 3.00. The molecule has 2 unspecified atom stereocenters. The van der Waals surface area contributed by atoms with E-state index in [1.54, 1.807) is 0 Å². The second-order valence-corrected chi connectivity index (χ2v) is 3.30. The van der Waals surface area contributed by atoms with E-state index in [9.17, 15) is 0 Å². The van der Waals surface area contributed by atoms with Crippen LogP contribution in [0.15, 0.2) is 23.3 Å². The summed E-state index contributed by atoms with van der Waals surface area (Å²) in [6.07, 6.45) is 9.14. The molecule has 1 saturated carbocycles. The number of allylic oxidation sites excluding steroid dienone is 4.